The fourth-order valence-corrected chi connectivity index (χ4v) is 2.50. The Bertz CT molecular complexity index is 594. The highest BCUT2D eigenvalue weighted by molar-refractivity contribution is 6.31. The van der Waals surface area contributed by atoms with Gasteiger partial charge in [-0.05, 0) is 50.5 Å². The molecule has 0 heterocycles. The minimum Gasteiger partial charge on any atom is -0.381 e. The molecule has 0 fully saturated rings. The molecule has 2 rings (SSSR count). The summed E-state index contributed by atoms with van der Waals surface area (Å²) in [5.74, 6) is 0. The van der Waals surface area contributed by atoms with Gasteiger partial charge in [0.25, 0.3) is 0 Å². The highest BCUT2D eigenvalue weighted by Gasteiger charge is 2.26. The number of hydrogen-bond donors (Lipinski definition) is 1. The first-order valence-electron chi connectivity index (χ1n) is 6.38. The largest absolute Gasteiger partial charge is 0.381 e. The zero-order valence-corrected chi connectivity index (χ0v) is 12.5. The number of benzene rings is 2. The Kier molecular flexibility index (Phi) is 3.71. The van der Waals surface area contributed by atoms with Crippen LogP contribution in [0.3, 0.4) is 0 Å². The second-order valence-electron chi connectivity index (χ2n) is 5.41. The van der Waals surface area contributed by atoms with Gasteiger partial charge in [0.05, 0.1) is 0 Å². The summed E-state index contributed by atoms with van der Waals surface area (Å²) in [6.45, 7) is 7.84. The van der Waals surface area contributed by atoms with Gasteiger partial charge in [-0.1, -0.05) is 53.1 Å². The van der Waals surface area contributed by atoms with E-state index < -0.39 is 5.60 Å². The predicted molar refractivity (Wildman–Crippen MR) is 80.8 cm³/mol. The molecule has 0 saturated heterocycles. The van der Waals surface area contributed by atoms with Crippen LogP contribution in [0.1, 0.15) is 34.7 Å². The van der Waals surface area contributed by atoms with Crippen molar-refractivity contribution in [2.45, 2.75) is 33.3 Å². The zero-order chi connectivity index (χ0) is 14.2. The standard InChI is InChI=1S/C17H19ClO/c1-11-7-12(2)9-15(8-11)17(4,19)14-6-5-13(3)16(18)10-14/h5-10,19H,1-4H3. The molecule has 19 heavy (non-hydrogen) atoms. The van der Waals surface area contributed by atoms with Crippen molar-refractivity contribution in [1.29, 1.82) is 0 Å². The molecular formula is C17H19ClO. The van der Waals surface area contributed by atoms with E-state index in [0.29, 0.717) is 5.02 Å². The van der Waals surface area contributed by atoms with Crippen molar-refractivity contribution in [3.05, 3.63) is 69.2 Å². The molecule has 1 nitrogen and oxygen atoms in total. The molecule has 2 heteroatoms. The van der Waals surface area contributed by atoms with Crippen LogP contribution in [0.5, 0.6) is 0 Å². The first kappa shape index (κ1) is 14.1. The lowest BCUT2D eigenvalue weighted by atomic mass is 9.86. The van der Waals surface area contributed by atoms with Crippen LogP contribution in [0.4, 0.5) is 0 Å². The van der Waals surface area contributed by atoms with Gasteiger partial charge in [0, 0.05) is 5.02 Å². The number of aliphatic hydroxyl groups is 1. The highest BCUT2D eigenvalue weighted by atomic mass is 35.5. The molecule has 0 bridgehead atoms. The number of halogens is 1. The normalized spacial score (nSPS) is 14.2. The predicted octanol–water partition coefficient (Wildman–Crippen LogP) is 4.52. The van der Waals surface area contributed by atoms with Crippen molar-refractivity contribution in [3.8, 4) is 0 Å². The van der Waals surface area contributed by atoms with Crippen molar-refractivity contribution < 1.29 is 5.11 Å². The van der Waals surface area contributed by atoms with E-state index in [0.717, 1.165) is 27.8 Å². The quantitative estimate of drug-likeness (QED) is 0.854. The lowest BCUT2D eigenvalue weighted by molar-refractivity contribution is 0.102. The zero-order valence-electron chi connectivity index (χ0n) is 11.8. The van der Waals surface area contributed by atoms with Gasteiger partial charge in [-0.25, -0.2) is 0 Å². The van der Waals surface area contributed by atoms with Crippen LogP contribution in [0.25, 0.3) is 0 Å². The topological polar surface area (TPSA) is 20.2 Å². The van der Waals surface area contributed by atoms with Gasteiger partial charge in [0.2, 0.25) is 0 Å². The lowest BCUT2D eigenvalue weighted by Crippen LogP contribution is -2.23. The first-order chi connectivity index (χ1) is 8.80. The molecule has 0 saturated carbocycles. The molecule has 1 N–H and O–H groups in total. The van der Waals surface area contributed by atoms with E-state index in [9.17, 15) is 5.11 Å². The Balaban J connectivity index is 2.54. The van der Waals surface area contributed by atoms with Crippen LogP contribution in [-0.2, 0) is 5.60 Å². The summed E-state index contributed by atoms with van der Waals surface area (Å²) >= 11 is 6.16. The third-order valence-electron chi connectivity index (χ3n) is 3.52. The molecule has 0 aliphatic heterocycles. The molecular weight excluding hydrogens is 256 g/mol. The lowest BCUT2D eigenvalue weighted by Gasteiger charge is -2.26. The van der Waals surface area contributed by atoms with Crippen LogP contribution in [0.15, 0.2) is 36.4 Å². The third-order valence-corrected chi connectivity index (χ3v) is 3.92. The summed E-state index contributed by atoms with van der Waals surface area (Å²) < 4.78 is 0. The Morgan fingerprint density at radius 1 is 0.895 bits per heavy atom. The summed E-state index contributed by atoms with van der Waals surface area (Å²) in [5, 5.41) is 11.5. The van der Waals surface area contributed by atoms with Crippen molar-refractivity contribution in [3.63, 3.8) is 0 Å². The van der Waals surface area contributed by atoms with Gasteiger partial charge in [0.1, 0.15) is 5.60 Å². The minimum atomic E-state index is -1.03. The van der Waals surface area contributed by atoms with Crippen LogP contribution in [0, 0.1) is 20.8 Å². The highest BCUT2D eigenvalue weighted by Crippen LogP contribution is 2.32. The maximum absolute atomic E-state index is 10.9. The van der Waals surface area contributed by atoms with E-state index in [-0.39, 0.29) is 0 Å². The molecule has 100 valence electrons. The van der Waals surface area contributed by atoms with Crippen molar-refractivity contribution in [2.24, 2.45) is 0 Å². The van der Waals surface area contributed by atoms with Crippen LogP contribution < -0.4 is 0 Å². The molecule has 1 atom stereocenters. The van der Waals surface area contributed by atoms with E-state index >= 15 is 0 Å². The van der Waals surface area contributed by atoms with Crippen molar-refractivity contribution >= 4 is 11.6 Å². The summed E-state index contributed by atoms with van der Waals surface area (Å²) in [7, 11) is 0. The van der Waals surface area contributed by atoms with Crippen LogP contribution in [0.2, 0.25) is 5.02 Å². The molecule has 1 unspecified atom stereocenters. The maximum atomic E-state index is 10.9. The Labute approximate surface area is 119 Å². The summed E-state index contributed by atoms with van der Waals surface area (Å²) in [6, 6.07) is 11.8. The van der Waals surface area contributed by atoms with Crippen LogP contribution >= 0.6 is 11.6 Å². The Hall–Kier alpha value is -1.31. The summed E-state index contributed by atoms with van der Waals surface area (Å²) in [5.41, 5.74) is 3.98. The SMILES string of the molecule is Cc1cc(C)cc(C(C)(O)c2ccc(C)c(Cl)c2)c1. The Morgan fingerprint density at radius 3 is 2.00 bits per heavy atom. The number of rotatable bonds is 2. The van der Waals surface area contributed by atoms with E-state index in [1.54, 1.807) is 0 Å². The molecule has 0 aliphatic rings. The molecule has 0 aromatic heterocycles. The Morgan fingerprint density at radius 2 is 1.47 bits per heavy atom. The molecule has 2 aromatic carbocycles. The number of hydrogen-bond acceptors (Lipinski definition) is 1. The smallest absolute Gasteiger partial charge is 0.112 e. The van der Waals surface area contributed by atoms with Gasteiger partial charge in [-0.15, -0.1) is 0 Å². The fourth-order valence-electron chi connectivity index (χ4n) is 2.32. The minimum absolute atomic E-state index is 0.683. The first-order valence-corrected chi connectivity index (χ1v) is 6.76. The summed E-state index contributed by atoms with van der Waals surface area (Å²) in [4.78, 5) is 0. The average molecular weight is 275 g/mol. The van der Waals surface area contributed by atoms with E-state index in [1.165, 1.54) is 0 Å². The third kappa shape index (κ3) is 2.83. The second kappa shape index (κ2) is 4.99. The molecule has 2 aromatic rings. The molecule has 0 amide bonds. The van der Waals surface area contributed by atoms with Gasteiger partial charge in [0.15, 0.2) is 0 Å². The molecule has 0 spiro atoms. The fraction of sp³-hybridized carbons (Fsp3) is 0.294. The van der Waals surface area contributed by atoms with Crippen molar-refractivity contribution in [1.82, 2.24) is 0 Å². The monoisotopic (exact) mass is 274 g/mol. The van der Waals surface area contributed by atoms with Crippen LogP contribution in [-0.4, -0.2) is 5.11 Å². The van der Waals surface area contributed by atoms with Gasteiger partial charge >= 0.3 is 0 Å². The second-order valence-corrected chi connectivity index (χ2v) is 5.82. The summed E-state index contributed by atoms with van der Waals surface area (Å²) in [6.07, 6.45) is 0. The van der Waals surface area contributed by atoms with E-state index in [1.807, 2.05) is 58.0 Å². The van der Waals surface area contributed by atoms with Gasteiger partial charge < -0.3 is 5.11 Å². The van der Waals surface area contributed by atoms with Gasteiger partial charge in [-0.2, -0.15) is 0 Å². The average Bonchev–Trinajstić information content (AvgIpc) is 2.31. The molecule has 0 radical (unpaired) electrons. The molecule has 0 aliphatic carbocycles. The van der Waals surface area contributed by atoms with Gasteiger partial charge in [-0.3, -0.25) is 0 Å². The van der Waals surface area contributed by atoms with E-state index in [4.69, 9.17) is 11.6 Å². The van der Waals surface area contributed by atoms with E-state index in [2.05, 4.69) is 6.07 Å². The number of aryl methyl sites for hydroxylation is 3. The van der Waals surface area contributed by atoms with Crippen molar-refractivity contribution in [2.75, 3.05) is 0 Å². The maximum Gasteiger partial charge on any atom is 0.112 e.